The second-order valence-electron chi connectivity index (χ2n) is 6.82. The van der Waals surface area contributed by atoms with Gasteiger partial charge in [0, 0.05) is 13.0 Å². The van der Waals surface area contributed by atoms with E-state index in [0.29, 0.717) is 12.3 Å². The molecule has 1 aliphatic rings. The Morgan fingerprint density at radius 2 is 2.00 bits per heavy atom. The lowest BCUT2D eigenvalue weighted by Crippen LogP contribution is -2.34. The minimum absolute atomic E-state index is 0.272. The Morgan fingerprint density at radius 1 is 1.17 bits per heavy atom. The zero-order valence-corrected chi connectivity index (χ0v) is 14.6. The van der Waals surface area contributed by atoms with Gasteiger partial charge in [0.1, 0.15) is 0 Å². The van der Waals surface area contributed by atoms with Crippen LogP contribution in [-0.2, 0) is 4.79 Å². The third-order valence-corrected chi connectivity index (χ3v) is 4.84. The molecule has 23 heavy (non-hydrogen) atoms. The molecule has 1 heterocycles. The van der Waals surface area contributed by atoms with Crippen molar-refractivity contribution in [3.63, 3.8) is 0 Å². The molecule has 1 amide bonds. The van der Waals surface area contributed by atoms with Crippen LogP contribution in [0.25, 0.3) is 0 Å². The van der Waals surface area contributed by atoms with Gasteiger partial charge in [-0.05, 0) is 44.7 Å². The predicted molar refractivity (Wildman–Crippen MR) is 96.2 cm³/mol. The molecular weight excluding hydrogens is 284 g/mol. The number of unbranched alkanes of at least 4 members (excludes halogenated alkanes) is 3. The number of hydrogen-bond donors (Lipinski definition) is 1. The molecule has 0 radical (unpaired) electrons. The molecule has 1 aromatic carbocycles. The van der Waals surface area contributed by atoms with E-state index in [4.69, 9.17) is 5.73 Å². The van der Waals surface area contributed by atoms with Crippen molar-refractivity contribution < 1.29 is 4.79 Å². The lowest BCUT2D eigenvalue weighted by atomic mass is 9.98. The number of likely N-dealkylation sites (tertiary alicyclic amines) is 1. The van der Waals surface area contributed by atoms with E-state index in [0.717, 1.165) is 51.6 Å². The van der Waals surface area contributed by atoms with Crippen molar-refractivity contribution in [1.82, 2.24) is 4.90 Å². The highest BCUT2D eigenvalue weighted by Gasteiger charge is 2.26. The molecule has 0 bridgehead atoms. The smallest absolute Gasteiger partial charge is 0.223 e. The van der Waals surface area contributed by atoms with Gasteiger partial charge in [0.25, 0.3) is 0 Å². The Morgan fingerprint density at radius 3 is 2.78 bits per heavy atom. The Kier molecular flexibility index (Phi) is 7.60. The van der Waals surface area contributed by atoms with Crippen molar-refractivity contribution in [3.05, 3.63) is 35.4 Å². The van der Waals surface area contributed by atoms with E-state index in [-0.39, 0.29) is 6.04 Å². The van der Waals surface area contributed by atoms with Crippen LogP contribution in [0.2, 0.25) is 0 Å². The molecule has 0 saturated carbocycles. The molecule has 1 saturated heterocycles. The fraction of sp³-hybridized carbons (Fsp3) is 0.650. The van der Waals surface area contributed by atoms with Crippen LogP contribution in [0.4, 0.5) is 0 Å². The maximum absolute atomic E-state index is 12.8. The number of carbonyl (C=O) groups excluding carboxylic acids is 1. The number of aryl methyl sites for hydroxylation is 1. The molecule has 0 aromatic heterocycles. The number of amides is 1. The zero-order valence-electron chi connectivity index (χ0n) is 14.6. The second-order valence-corrected chi connectivity index (χ2v) is 6.82. The van der Waals surface area contributed by atoms with Gasteiger partial charge >= 0.3 is 0 Å². The summed E-state index contributed by atoms with van der Waals surface area (Å²) in [6, 6.07) is 8.95. The van der Waals surface area contributed by atoms with Crippen LogP contribution in [0.3, 0.4) is 0 Å². The van der Waals surface area contributed by atoms with E-state index >= 15 is 0 Å². The van der Waals surface area contributed by atoms with Gasteiger partial charge in [-0.15, -0.1) is 0 Å². The van der Waals surface area contributed by atoms with E-state index in [1.54, 1.807) is 0 Å². The number of nitrogens with zero attached hydrogens (tertiary/aromatic N) is 1. The Hall–Kier alpha value is -1.35. The summed E-state index contributed by atoms with van der Waals surface area (Å²) >= 11 is 0. The monoisotopic (exact) mass is 316 g/mol. The highest BCUT2D eigenvalue weighted by molar-refractivity contribution is 5.76. The van der Waals surface area contributed by atoms with Crippen molar-refractivity contribution in [1.29, 1.82) is 0 Å². The van der Waals surface area contributed by atoms with Crippen LogP contribution < -0.4 is 5.73 Å². The van der Waals surface area contributed by atoms with Gasteiger partial charge in [-0.25, -0.2) is 0 Å². The predicted octanol–water partition coefficient (Wildman–Crippen LogP) is 4.35. The first-order chi connectivity index (χ1) is 11.2. The van der Waals surface area contributed by atoms with Gasteiger partial charge in [-0.2, -0.15) is 0 Å². The Balaban J connectivity index is 1.98. The molecule has 0 spiro atoms. The van der Waals surface area contributed by atoms with Gasteiger partial charge in [0.05, 0.1) is 6.04 Å². The molecule has 3 nitrogen and oxygen atoms in total. The van der Waals surface area contributed by atoms with Crippen molar-refractivity contribution in [2.45, 2.75) is 70.8 Å². The largest absolute Gasteiger partial charge is 0.336 e. The van der Waals surface area contributed by atoms with Gasteiger partial charge in [0.2, 0.25) is 5.91 Å². The first kappa shape index (κ1) is 18.0. The number of carbonyl (C=O) groups is 1. The Labute approximate surface area is 141 Å². The molecule has 1 unspecified atom stereocenters. The van der Waals surface area contributed by atoms with E-state index in [1.165, 1.54) is 24.0 Å². The van der Waals surface area contributed by atoms with Crippen LogP contribution in [0.15, 0.2) is 24.3 Å². The van der Waals surface area contributed by atoms with Crippen LogP contribution in [-0.4, -0.2) is 23.9 Å². The fourth-order valence-electron chi connectivity index (χ4n) is 3.55. The van der Waals surface area contributed by atoms with Crippen molar-refractivity contribution in [2.24, 2.45) is 5.73 Å². The second kappa shape index (κ2) is 9.71. The molecular formula is C20H32N2O. The van der Waals surface area contributed by atoms with Crippen molar-refractivity contribution in [3.8, 4) is 0 Å². The minimum atomic E-state index is 0.272. The summed E-state index contributed by atoms with van der Waals surface area (Å²) in [6.07, 6.45) is 9.72. The summed E-state index contributed by atoms with van der Waals surface area (Å²) in [7, 11) is 0. The molecule has 1 fully saturated rings. The van der Waals surface area contributed by atoms with Gasteiger partial charge in [0.15, 0.2) is 0 Å². The summed E-state index contributed by atoms with van der Waals surface area (Å²) < 4.78 is 0. The first-order valence-electron chi connectivity index (χ1n) is 9.28. The molecule has 1 aliphatic heterocycles. The standard InChI is InChI=1S/C20H32N2O/c1-17-10-9-11-18(16-17)19-12-5-4-8-15-22(19)20(23)13-6-2-3-7-14-21/h9-11,16,19H,2-8,12-15,21H2,1H3. The number of benzene rings is 1. The lowest BCUT2D eigenvalue weighted by Gasteiger charge is -2.31. The molecule has 2 rings (SSSR count). The highest BCUT2D eigenvalue weighted by atomic mass is 16.2. The summed E-state index contributed by atoms with van der Waals surface area (Å²) in [5.41, 5.74) is 8.11. The summed E-state index contributed by atoms with van der Waals surface area (Å²) in [5.74, 6) is 0.339. The van der Waals surface area contributed by atoms with Crippen molar-refractivity contribution in [2.75, 3.05) is 13.1 Å². The number of hydrogen-bond acceptors (Lipinski definition) is 2. The lowest BCUT2D eigenvalue weighted by molar-refractivity contribution is -0.133. The maximum atomic E-state index is 12.8. The normalized spacial score (nSPS) is 18.7. The summed E-state index contributed by atoms with van der Waals surface area (Å²) in [6.45, 7) is 3.81. The topological polar surface area (TPSA) is 46.3 Å². The van der Waals surface area contributed by atoms with Crippen LogP contribution in [0, 0.1) is 6.92 Å². The van der Waals surface area contributed by atoms with E-state index in [1.807, 2.05) is 0 Å². The van der Waals surface area contributed by atoms with Crippen molar-refractivity contribution >= 4 is 5.91 Å². The van der Waals surface area contributed by atoms with E-state index in [9.17, 15) is 4.79 Å². The molecule has 3 heteroatoms. The van der Waals surface area contributed by atoms with E-state index in [2.05, 4.69) is 36.1 Å². The SMILES string of the molecule is Cc1cccc(C2CCCCCN2C(=O)CCCCCCN)c1. The third-order valence-electron chi connectivity index (χ3n) is 4.84. The molecule has 1 atom stereocenters. The highest BCUT2D eigenvalue weighted by Crippen LogP contribution is 2.31. The quantitative estimate of drug-likeness (QED) is 0.760. The maximum Gasteiger partial charge on any atom is 0.223 e. The fourth-order valence-corrected chi connectivity index (χ4v) is 3.55. The summed E-state index contributed by atoms with van der Waals surface area (Å²) in [4.78, 5) is 14.9. The zero-order chi connectivity index (χ0) is 16.5. The first-order valence-corrected chi connectivity index (χ1v) is 9.28. The third kappa shape index (κ3) is 5.65. The van der Waals surface area contributed by atoms with Crippen LogP contribution >= 0.6 is 0 Å². The summed E-state index contributed by atoms with van der Waals surface area (Å²) in [5, 5.41) is 0. The van der Waals surface area contributed by atoms with Gasteiger partial charge < -0.3 is 10.6 Å². The van der Waals surface area contributed by atoms with Crippen LogP contribution in [0.5, 0.6) is 0 Å². The van der Waals surface area contributed by atoms with Crippen LogP contribution in [0.1, 0.15) is 75.0 Å². The van der Waals surface area contributed by atoms with Gasteiger partial charge in [-0.1, -0.05) is 55.5 Å². The van der Waals surface area contributed by atoms with Gasteiger partial charge in [-0.3, -0.25) is 4.79 Å². The molecule has 1 aromatic rings. The number of rotatable bonds is 7. The minimum Gasteiger partial charge on any atom is -0.336 e. The molecule has 0 aliphatic carbocycles. The Bertz CT molecular complexity index is 486. The molecule has 128 valence electrons. The van der Waals surface area contributed by atoms with E-state index < -0.39 is 0 Å². The number of nitrogens with two attached hydrogens (primary N) is 1. The molecule has 2 N–H and O–H groups in total. The average molecular weight is 316 g/mol. The average Bonchev–Trinajstić information content (AvgIpc) is 2.80.